The van der Waals surface area contributed by atoms with Crippen LogP contribution in [-0.2, 0) is 10.8 Å². The van der Waals surface area contributed by atoms with E-state index in [-0.39, 0.29) is 0 Å². The highest BCUT2D eigenvalue weighted by Gasteiger charge is 2.47. The van der Waals surface area contributed by atoms with Gasteiger partial charge in [-0.15, -0.1) is 0 Å². The topological polar surface area (TPSA) is 6.48 Å². The molecule has 98 heavy (non-hydrogen) atoms. The van der Waals surface area contributed by atoms with Crippen LogP contribution in [-0.4, -0.2) is 0 Å². The fraction of sp³-hybridized carbons (Fsp3) is 0.0833. The predicted molar refractivity (Wildman–Crippen MR) is 413 cm³/mol. The van der Waals surface area contributed by atoms with Crippen molar-refractivity contribution < 1.29 is 0 Å². The highest BCUT2D eigenvalue weighted by Crippen LogP contribution is 2.60. The lowest BCUT2D eigenvalue weighted by molar-refractivity contribution is 0.768. The number of aryl methyl sites for hydroxylation is 4. The highest BCUT2D eigenvalue weighted by atomic mass is 15.2. The summed E-state index contributed by atoms with van der Waals surface area (Å²) in [4.78, 5) is 5.04. The van der Waals surface area contributed by atoms with Gasteiger partial charge in [0, 0.05) is 44.3 Å². The second-order valence-corrected chi connectivity index (χ2v) is 27.3. The molecule has 0 N–H and O–H groups in total. The van der Waals surface area contributed by atoms with Crippen molar-refractivity contribution in [3.05, 3.63) is 405 Å². The zero-order valence-electron chi connectivity index (χ0n) is 56.1. The van der Waals surface area contributed by atoms with Crippen LogP contribution in [0.5, 0.6) is 0 Å². The molecular formula is C96H72N2. The van der Waals surface area contributed by atoms with Gasteiger partial charge in [-0.25, -0.2) is 0 Å². The standard InChI is InChI=1S/C96H72N2/c1-61-55-67(56-62(2)65(61)5)85-59-91(97(73-31-15-9-16-32-73)75-47-43-71(44-48-75)95(69-27-11-7-12-28-69)87-39-23-19-35-77(87)78-36-20-24-40-88(78)95)83-54-52-82-86(68-57-63(3)66(6)64(4)58-68)60-92(84-53-51-81(85)93(83)94(82)84)98(74-33-17-10-18-34-74)76-49-45-72(46-50-76)96(70-29-13-8-14-30-70)89-41-25-21-37-79(89)80-38-22-26-42-90(80)96/h7-60H,1-6H3. The third-order valence-electron chi connectivity index (χ3n) is 22.3. The maximum atomic E-state index is 2.52. The maximum Gasteiger partial charge on any atom is 0.0713 e. The lowest BCUT2D eigenvalue weighted by Crippen LogP contribution is -2.28. The Bertz CT molecular complexity index is 5290. The van der Waals surface area contributed by atoms with Gasteiger partial charge >= 0.3 is 0 Å². The van der Waals surface area contributed by atoms with Crippen LogP contribution in [0.15, 0.2) is 328 Å². The molecule has 0 fully saturated rings. The molecule has 2 nitrogen and oxygen atoms in total. The van der Waals surface area contributed by atoms with Gasteiger partial charge in [0.25, 0.3) is 0 Å². The van der Waals surface area contributed by atoms with Crippen LogP contribution >= 0.6 is 0 Å². The van der Waals surface area contributed by atoms with Gasteiger partial charge in [-0.1, -0.05) is 267 Å². The fourth-order valence-electron chi connectivity index (χ4n) is 17.3. The van der Waals surface area contributed by atoms with E-state index in [1.807, 2.05) is 0 Å². The van der Waals surface area contributed by atoms with Crippen molar-refractivity contribution in [1.29, 1.82) is 0 Å². The smallest absolute Gasteiger partial charge is 0.0713 e. The van der Waals surface area contributed by atoms with Crippen LogP contribution in [0.4, 0.5) is 34.1 Å². The van der Waals surface area contributed by atoms with E-state index in [0.717, 1.165) is 34.1 Å². The van der Waals surface area contributed by atoms with Gasteiger partial charge in [-0.2, -0.15) is 0 Å². The summed E-state index contributed by atoms with van der Waals surface area (Å²) >= 11 is 0. The molecule has 16 aromatic carbocycles. The molecule has 0 aromatic heterocycles. The molecule has 2 aliphatic carbocycles. The van der Waals surface area contributed by atoms with Crippen LogP contribution in [0, 0.1) is 41.5 Å². The molecule has 0 amide bonds. The number of benzene rings is 16. The summed E-state index contributed by atoms with van der Waals surface area (Å²) in [6.07, 6.45) is 0. The molecule has 18 rings (SSSR count). The Hall–Kier alpha value is -11.8. The number of hydrogen-bond donors (Lipinski definition) is 0. The first kappa shape index (κ1) is 58.7. The van der Waals surface area contributed by atoms with Crippen molar-refractivity contribution >= 4 is 66.4 Å². The summed E-state index contributed by atoms with van der Waals surface area (Å²) in [7, 11) is 0. The molecule has 0 heterocycles. The van der Waals surface area contributed by atoms with Crippen molar-refractivity contribution in [3.63, 3.8) is 0 Å². The fourth-order valence-corrected chi connectivity index (χ4v) is 17.3. The summed E-state index contributed by atoms with van der Waals surface area (Å²) in [5.41, 5.74) is 33.3. The van der Waals surface area contributed by atoms with Crippen molar-refractivity contribution in [3.8, 4) is 44.5 Å². The first-order valence-corrected chi connectivity index (χ1v) is 34.5. The molecule has 0 saturated carbocycles. The van der Waals surface area contributed by atoms with Gasteiger partial charge in [0.1, 0.15) is 0 Å². The number of fused-ring (bicyclic) bond motifs is 6. The highest BCUT2D eigenvalue weighted by molar-refractivity contribution is 6.32. The van der Waals surface area contributed by atoms with Crippen LogP contribution in [0.1, 0.15) is 77.9 Å². The van der Waals surface area contributed by atoms with Crippen molar-refractivity contribution in [2.24, 2.45) is 0 Å². The number of nitrogens with zero attached hydrogens (tertiary/aromatic N) is 2. The van der Waals surface area contributed by atoms with Gasteiger partial charge < -0.3 is 9.80 Å². The first-order chi connectivity index (χ1) is 48.1. The quantitative estimate of drug-likeness (QED) is 0.113. The summed E-state index contributed by atoms with van der Waals surface area (Å²) in [6.45, 7) is 13.6. The Morgan fingerprint density at radius 1 is 0.214 bits per heavy atom. The van der Waals surface area contributed by atoms with Crippen LogP contribution < -0.4 is 9.80 Å². The second kappa shape index (κ2) is 22.9. The summed E-state index contributed by atoms with van der Waals surface area (Å²) in [6, 6.07) is 124. The van der Waals surface area contributed by atoms with E-state index in [2.05, 4.69) is 379 Å². The third kappa shape index (κ3) is 8.73. The third-order valence-corrected chi connectivity index (χ3v) is 22.3. The number of rotatable bonds is 12. The van der Waals surface area contributed by atoms with E-state index < -0.39 is 10.8 Å². The average Bonchev–Trinajstić information content (AvgIpc) is 1.12. The molecule has 0 aliphatic heterocycles. The lowest BCUT2D eigenvalue weighted by atomic mass is 9.67. The van der Waals surface area contributed by atoms with E-state index in [0.29, 0.717) is 0 Å². The SMILES string of the molecule is Cc1cc(-c2cc(N(c3ccccc3)c3ccc(C4(c5ccccc5)c5ccccc5-c5ccccc54)cc3)c3ccc4c(-c5cc(C)c(C)c(C)c5)cc(N(c5ccccc5)c5ccc(C6(c7ccccc7)c7ccccc7-c7ccccc76)cc5)c5ccc2c3c45)cc(C)c1C. The van der Waals surface area contributed by atoms with Crippen LogP contribution in [0.3, 0.4) is 0 Å². The average molecular weight is 1250 g/mol. The summed E-state index contributed by atoms with van der Waals surface area (Å²) in [5, 5.41) is 7.25. The van der Waals surface area contributed by atoms with E-state index in [1.54, 1.807) is 0 Å². The zero-order valence-corrected chi connectivity index (χ0v) is 56.1. The minimum Gasteiger partial charge on any atom is -0.310 e. The molecule has 466 valence electrons. The molecule has 0 bridgehead atoms. The van der Waals surface area contributed by atoms with Gasteiger partial charge in [-0.3, -0.25) is 0 Å². The number of hydrogen-bond acceptors (Lipinski definition) is 2. The minimum atomic E-state index is -0.537. The van der Waals surface area contributed by atoms with Crippen LogP contribution in [0.2, 0.25) is 0 Å². The molecule has 2 aliphatic rings. The molecule has 0 spiro atoms. The molecule has 2 heteroatoms. The molecular weight excluding hydrogens is 1180 g/mol. The molecule has 0 saturated heterocycles. The Balaban J connectivity index is 0.906. The Labute approximate surface area is 575 Å². The largest absolute Gasteiger partial charge is 0.310 e. The van der Waals surface area contributed by atoms with Crippen LogP contribution in [0.25, 0.3) is 76.8 Å². The van der Waals surface area contributed by atoms with Crippen molar-refractivity contribution in [2.75, 3.05) is 9.80 Å². The summed E-state index contributed by atoms with van der Waals surface area (Å²) in [5.74, 6) is 0. The Kier molecular flexibility index (Phi) is 13.7. The Morgan fingerprint density at radius 2 is 0.469 bits per heavy atom. The van der Waals surface area contributed by atoms with E-state index in [9.17, 15) is 0 Å². The van der Waals surface area contributed by atoms with E-state index in [1.165, 1.54) is 155 Å². The van der Waals surface area contributed by atoms with Gasteiger partial charge in [0.2, 0.25) is 0 Å². The molecule has 0 radical (unpaired) electrons. The van der Waals surface area contributed by atoms with E-state index in [4.69, 9.17) is 0 Å². The van der Waals surface area contributed by atoms with Gasteiger partial charge in [-0.05, 0) is 235 Å². The monoisotopic (exact) mass is 1250 g/mol. The normalized spacial score (nSPS) is 13.2. The minimum absolute atomic E-state index is 0.537. The molecule has 16 aromatic rings. The Morgan fingerprint density at radius 3 is 0.786 bits per heavy atom. The van der Waals surface area contributed by atoms with Gasteiger partial charge in [0.15, 0.2) is 0 Å². The van der Waals surface area contributed by atoms with Crippen molar-refractivity contribution in [1.82, 2.24) is 0 Å². The van der Waals surface area contributed by atoms with E-state index >= 15 is 0 Å². The number of anilines is 6. The summed E-state index contributed by atoms with van der Waals surface area (Å²) < 4.78 is 0. The lowest BCUT2D eigenvalue weighted by Gasteiger charge is -2.35. The molecule has 0 unspecified atom stereocenters. The van der Waals surface area contributed by atoms with Crippen molar-refractivity contribution in [2.45, 2.75) is 52.4 Å². The maximum absolute atomic E-state index is 2.52. The molecule has 0 atom stereocenters. The second-order valence-electron chi connectivity index (χ2n) is 27.3. The number of para-hydroxylation sites is 2. The zero-order chi connectivity index (χ0) is 66.0. The first-order valence-electron chi connectivity index (χ1n) is 34.5. The predicted octanol–water partition coefficient (Wildman–Crippen LogP) is 25.4. The van der Waals surface area contributed by atoms with Gasteiger partial charge in [0.05, 0.1) is 22.2 Å².